The van der Waals surface area contributed by atoms with Crippen LogP contribution in [0.4, 0.5) is 5.82 Å². The number of hydrogen-bond donors (Lipinski definition) is 1. The molecule has 0 atom stereocenters. The van der Waals surface area contributed by atoms with Crippen LogP contribution in [-0.4, -0.2) is 16.0 Å². The topological polar surface area (TPSA) is 49.0 Å². The Bertz CT molecular complexity index is 592. The molecule has 1 aliphatic rings. The van der Waals surface area contributed by atoms with Gasteiger partial charge in [0.2, 0.25) is 0 Å². The summed E-state index contributed by atoms with van der Waals surface area (Å²) in [7, 11) is 0. The number of hydrogen-bond acceptors (Lipinski definition) is 4. The molecule has 0 saturated heterocycles. The Morgan fingerprint density at radius 2 is 2.39 bits per heavy atom. The number of aromatic amines is 1. The van der Waals surface area contributed by atoms with Gasteiger partial charge >= 0.3 is 0 Å². The van der Waals surface area contributed by atoms with Gasteiger partial charge in [0.15, 0.2) is 5.82 Å². The van der Waals surface area contributed by atoms with Crippen molar-refractivity contribution in [3.05, 3.63) is 44.1 Å². The van der Waals surface area contributed by atoms with Crippen LogP contribution < -0.4 is 10.5 Å². The third kappa shape index (κ3) is 2.28. The molecular formula is C12H12ClN3OS. The van der Waals surface area contributed by atoms with E-state index in [1.165, 1.54) is 11.2 Å². The summed E-state index contributed by atoms with van der Waals surface area (Å²) >= 11 is 7.76. The molecule has 0 amide bonds. The lowest BCUT2D eigenvalue weighted by Gasteiger charge is -2.23. The van der Waals surface area contributed by atoms with Crippen LogP contribution >= 0.6 is 22.9 Å². The summed E-state index contributed by atoms with van der Waals surface area (Å²) in [5, 5.41) is 2.23. The van der Waals surface area contributed by atoms with Crippen molar-refractivity contribution in [2.75, 3.05) is 4.90 Å². The molecule has 3 rings (SSSR count). The third-order valence-electron chi connectivity index (χ3n) is 2.94. The van der Waals surface area contributed by atoms with Crippen molar-refractivity contribution in [2.45, 2.75) is 25.4 Å². The molecule has 1 aliphatic carbocycles. The van der Waals surface area contributed by atoms with Crippen LogP contribution in [0.15, 0.2) is 28.6 Å². The van der Waals surface area contributed by atoms with Crippen LogP contribution in [0.5, 0.6) is 0 Å². The van der Waals surface area contributed by atoms with Crippen molar-refractivity contribution < 1.29 is 0 Å². The molecule has 2 aromatic rings. The predicted octanol–water partition coefficient (Wildman–Crippen LogP) is 2.65. The molecule has 0 spiro atoms. The first-order chi connectivity index (χ1) is 8.75. The van der Waals surface area contributed by atoms with E-state index >= 15 is 0 Å². The fourth-order valence-electron chi connectivity index (χ4n) is 1.91. The lowest BCUT2D eigenvalue weighted by molar-refractivity contribution is 0.781. The second-order valence-corrected chi connectivity index (χ2v) is 5.72. The van der Waals surface area contributed by atoms with E-state index in [-0.39, 0.29) is 10.6 Å². The second-order valence-electron chi connectivity index (χ2n) is 4.31. The fraction of sp³-hybridized carbons (Fsp3) is 0.333. The lowest BCUT2D eigenvalue weighted by Crippen LogP contribution is -2.27. The summed E-state index contributed by atoms with van der Waals surface area (Å²) < 4.78 is 0. The molecule has 2 aromatic heterocycles. The van der Waals surface area contributed by atoms with Crippen LogP contribution in [0.3, 0.4) is 0 Å². The monoisotopic (exact) mass is 281 g/mol. The van der Waals surface area contributed by atoms with Crippen molar-refractivity contribution in [3.8, 4) is 0 Å². The third-order valence-corrected chi connectivity index (χ3v) is 4.15. The Kier molecular flexibility index (Phi) is 3.09. The van der Waals surface area contributed by atoms with Gasteiger partial charge in [-0.1, -0.05) is 17.7 Å². The molecule has 6 heteroatoms. The molecule has 0 aliphatic heterocycles. The highest BCUT2D eigenvalue weighted by Gasteiger charge is 2.31. The van der Waals surface area contributed by atoms with E-state index < -0.39 is 0 Å². The SMILES string of the molecule is O=c1[nH]cnc(N(Cc2cccs2)C2CC2)c1Cl. The van der Waals surface area contributed by atoms with Gasteiger partial charge in [0.1, 0.15) is 5.02 Å². The average molecular weight is 282 g/mol. The summed E-state index contributed by atoms with van der Waals surface area (Å²) in [6.45, 7) is 0.762. The Morgan fingerprint density at radius 1 is 1.56 bits per heavy atom. The molecule has 4 nitrogen and oxygen atoms in total. The zero-order valence-electron chi connectivity index (χ0n) is 9.60. The van der Waals surface area contributed by atoms with Crippen LogP contribution in [0.25, 0.3) is 0 Å². The molecule has 0 bridgehead atoms. The Balaban J connectivity index is 1.94. The highest BCUT2D eigenvalue weighted by Crippen LogP contribution is 2.34. The van der Waals surface area contributed by atoms with Gasteiger partial charge in [-0.2, -0.15) is 0 Å². The number of thiophene rings is 1. The normalized spacial score (nSPS) is 14.7. The number of halogens is 1. The van der Waals surface area contributed by atoms with Crippen molar-refractivity contribution in [1.82, 2.24) is 9.97 Å². The van der Waals surface area contributed by atoms with Gasteiger partial charge in [0.25, 0.3) is 5.56 Å². The van der Waals surface area contributed by atoms with Gasteiger partial charge in [0, 0.05) is 10.9 Å². The zero-order valence-corrected chi connectivity index (χ0v) is 11.2. The van der Waals surface area contributed by atoms with Crippen molar-refractivity contribution in [2.24, 2.45) is 0 Å². The summed E-state index contributed by atoms with van der Waals surface area (Å²) in [6, 6.07) is 4.57. The van der Waals surface area contributed by atoms with Gasteiger partial charge in [-0.3, -0.25) is 4.79 Å². The summed E-state index contributed by atoms with van der Waals surface area (Å²) in [6.07, 6.45) is 3.68. The molecule has 94 valence electrons. The molecular weight excluding hydrogens is 270 g/mol. The fourth-order valence-corrected chi connectivity index (χ4v) is 2.82. The minimum Gasteiger partial charge on any atom is -0.347 e. The Morgan fingerprint density at radius 3 is 3.06 bits per heavy atom. The van der Waals surface area contributed by atoms with Crippen LogP contribution in [0, 0.1) is 0 Å². The molecule has 1 fully saturated rings. The molecule has 0 radical (unpaired) electrons. The average Bonchev–Trinajstić information content (AvgIpc) is 3.08. The number of H-pyrrole nitrogens is 1. The maximum Gasteiger partial charge on any atom is 0.271 e. The van der Waals surface area contributed by atoms with E-state index in [9.17, 15) is 4.79 Å². The maximum absolute atomic E-state index is 11.5. The zero-order chi connectivity index (χ0) is 12.5. The number of anilines is 1. The van der Waals surface area contributed by atoms with Gasteiger partial charge in [-0.05, 0) is 24.3 Å². The number of rotatable bonds is 4. The van der Waals surface area contributed by atoms with Crippen LogP contribution in [0.2, 0.25) is 5.02 Å². The molecule has 18 heavy (non-hydrogen) atoms. The smallest absolute Gasteiger partial charge is 0.271 e. The molecule has 1 saturated carbocycles. The first-order valence-electron chi connectivity index (χ1n) is 5.78. The number of nitrogens with one attached hydrogen (secondary N) is 1. The van der Waals surface area contributed by atoms with E-state index in [1.807, 2.05) is 11.4 Å². The Hall–Kier alpha value is -1.33. The van der Waals surface area contributed by atoms with Gasteiger partial charge in [-0.25, -0.2) is 4.98 Å². The van der Waals surface area contributed by atoms with Crippen LogP contribution in [0.1, 0.15) is 17.7 Å². The van der Waals surface area contributed by atoms with Gasteiger partial charge in [-0.15, -0.1) is 11.3 Å². The standard InChI is InChI=1S/C12H12ClN3OS/c13-10-11(14-7-15-12(10)17)16(8-3-4-8)6-9-2-1-5-18-9/h1-2,5,7-8H,3-4,6H2,(H,14,15,17). The van der Waals surface area contributed by atoms with Crippen LogP contribution in [-0.2, 0) is 6.54 Å². The van der Waals surface area contributed by atoms with Gasteiger partial charge < -0.3 is 9.88 Å². The number of aromatic nitrogens is 2. The highest BCUT2D eigenvalue weighted by atomic mass is 35.5. The Labute approximate surface area is 113 Å². The van der Waals surface area contributed by atoms with Gasteiger partial charge in [0.05, 0.1) is 12.9 Å². The van der Waals surface area contributed by atoms with E-state index in [2.05, 4.69) is 20.9 Å². The van der Waals surface area contributed by atoms with Crippen molar-refractivity contribution >= 4 is 28.8 Å². The largest absolute Gasteiger partial charge is 0.347 e. The quantitative estimate of drug-likeness (QED) is 0.937. The minimum absolute atomic E-state index is 0.181. The summed E-state index contributed by atoms with van der Waals surface area (Å²) in [4.78, 5) is 21.6. The van der Waals surface area contributed by atoms with Crippen molar-refractivity contribution in [3.63, 3.8) is 0 Å². The van der Waals surface area contributed by atoms with E-state index in [1.54, 1.807) is 11.3 Å². The van der Waals surface area contributed by atoms with E-state index in [0.717, 1.165) is 19.4 Å². The lowest BCUT2D eigenvalue weighted by atomic mass is 10.3. The minimum atomic E-state index is -0.279. The molecule has 1 N–H and O–H groups in total. The van der Waals surface area contributed by atoms with E-state index in [4.69, 9.17) is 11.6 Å². The molecule has 0 aromatic carbocycles. The summed E-state index contributed by atoms with van der Waals surface area (Å²) in [5.41, 5.74) is -0.279. The summed E-state index contributed by atoms with van der Waals surface area (Å²) in [5.74, 6) is 0.594. The molecule has 2 heterocycles. The number of nitrogens with zero attached hydrogens (tertiary/aromatic N) is 2. The van der Waals surface area contributed by atoms with Crippen molar-refractivity contribution in [1.29, 1.82) is 0 Å². The first-order valence-corrected chi connectivity index (χ1v) is 7.03. The maximum atomic E-state index is 11.5. The second kappa shape index (κ2) is 4.74. The highest BCUT2D eigenvalue weighted by molar-refractivity contribution is 7.09. The molecule has 0 unspecified atom stereocenters. The predicted molar refractivity (Wildman–Crippen MR) is 73.4 cm³/mol. The van der Waals surface area contributed by atoms with E-state index in [0.29, 0.717) is 11.9 Å². The first kappa shape index (κ1) is 11.7.